The number of thioether (sulfide) groups is 1. The molecule has 174 valence electrons. The second-order valence-corrected chi connectivity index (χ2v) is 10.8. The number of rotatable bonds is 6. The van der Waals surface area contributed by atoms with Gasteiger partial charge in [-0.25, -0.2) is 0 Å². The molecule has 2 amide bonds. The van der Waals surface area contributed by atoms with Crippen LogP contribution < -0.4 is 10.1 Å². The quantitative estimate of drug-likeness (QED) is 0.473. The van der Waals surface area contributed by atoms with Crippen molar-refractivity contribution in [1.82, 2.24) is 10.2 Å². The predicted molar refractivity (Wildman–Crippen MR) is 137 cm³/mol. The van der Waals surface area contributed by atoms with Crippen molar-refractivity contribution in [1.29, 1.82) is 0 Å². The van der Waals surface area contributed by atoms with Gasteiger partial charge in [-0.15, -0.1) is 11.8 Å². The standard InChI is InChI=1S/C25H26BrClN2O3S/c1-32-21-11-10-16(12-18(21)26)13-23-25(31)29(20-8-4-5-9-22(20)33-23)15-24(30)28-14-17-6-2-3-7-19(17)27/h2-3,6-7,10-13,20,22H,4-5,8-9,14-15H2,1H3,(H,28,30)/b23-13+. The summed E-state index contributed by atoms with van der Waals surface area (Å²) in [7, 11) is 1.62. The number of carbonyl (C=O) groups is 2. The number of amides is 2. The molecule has 1 aliphatic heterocycles. The zero-order chi connectivity index (χ0) is 23.4. The molecule has 1 aliphatic carbocycles. The maximum absolute atomic E-state index is 13.5. The van der Waals surface area contributed by atoms with Gasteiger partial charge in [-0.05, 0) is 64.2 Å². The second-order valence-electron chi connectivity index (χ2n) is 8.21. The lowest BCUT2D eigenvalue weighted by Gasteiger charge is -2.43. The topological polar surface area (TPSA) is 58.6 Å². The van der Waals surface area contributed by atoms with Crippen LogP contribution in [0.2, 0.25) is 5.02 Å². The Morgan fingerprint density at radius 1 is 1.27 bits per heavy atom. The van der Waals surface area contributed by atoms with Gasteiger partial charge < -0.3 is 15.0 Å². The van der Waals surface area contributed by atoms with Crippen LogP contribution in [0.25, 0.3) is 6.08 Å². The van der Waals surface area contributed by atoms with E-state index in [2.05, 4.69) is 21.2 Å². The highest BCUT2D eigenvalue weighted by molar-refractivity contribution is 9.10. The zero-order valence-corrected chi connectivity index (χ0v) is 21.5. The Kier molecular flexibility index (Phi) is 8.04. The fourth-order valence-corrected chi connectivity index (χ4v) is 6.57. The minimum Gasteiger partial charge on any atom is -0.496 e. The van der Waals surface area contributed by atoms with Crippen molar-refractivity contribution >= 4 is 57.2 Å². The molecule has 1 heterocycles. The molecule has 2 aromatic rings. The highest BCUT2D eigenvalue weighted by Gasteiger charge is 2.41. The number of carbonyl (C=O) groups excluding carboxylic acids is 2. The van der Waals surface area contributed by atoms with Crippen LogP contribution in [0.1, 0.15) is 36.8 Å². The van der Waals surface area contributed by atoms with Gasteiger partial charge >= 0.3 is 0 Å². The third-order valence-electron chi connectivity index (χ3n) is 6.04. The van der Waals surface area contributed by atoms with Crippen LogP contribution in [-0.2, 0) is 16.1 Å². The lowest BCUT2D eigenvalue weighted by Crippen LogP contribution is -2.54. The first-order valence-corrected chi connectivity index (χ1v) is 13.0. The molecule has 0 radical (unpaired) electrons. The molecule has 2 aliphatic rings. The summed E-state index contributed by atoms with van der Waals surface area (Å²) in [4.78, 5) is 28.7. The molecule has 33 heavy (non-hydrogen) atoms. The van der Waals surface area contributed by atoms with E-state index >= 15 is 0 Å². The maximum Gasteiger partial charge on any atom is 0.261 e. The van der Waals surface area contributed by atoms with Crippen LogP contribution in [0.4, 0.5) is 0 Å². The number of hydrogen-bond acceptors (Lipinski definition) is 4. The van der Waals surface area contributed by atoms with E-state index in [4.69, 9.17) is 16.3 Å². The van der Waals surface area contributed by atoms with Crippen LogP contribution in [0.15, 0.2) is 51.8 Å². The summed E-state index contributed by atoms with van der Waals surface area (Å²) in [6.07, 6.45) is 6.12. The first-order valence-electron chi connectivity index (χ1n) is 11.0. The van der Waals surface area contributed by atoms with E-state index in [1.165, 1.54) is 0 Å². The highest BCUT2D eigenvalue weighted by atomic mass is 79.9. The van der Waals surface area contributed by atoms with Gasteiger partial charge in [0.05, 0.1) is 16.5 Å². The number of methoxy groups -OCH3 is 1. The van der Waals surface area contributed by atoms with Gasteiger partial charge in [0.2, 0.25) is 5.91 Å². The number of fused-ring (bicyclic) bond motifs is 1. The molecule has 2 atom stereocenters. The van der Waals surface area contributed by atoms with Crippen LogP contribution in [0, 0.1) is 0 Å². The lowest BCUT2D eigenvalue weighted by atomic mass is 9.93. The van der Waals surface area contributed by atoms with Crippen LogP contribution in [0.5, 0.6) is 5.75 Å². The number of nitrogens with zero attached hydrogens (tertiary/aromatic N) is 1. The van der Waals surface area contributed by atoms with Crippen LogP contribution >= 0.6 is 39.3 Å². The van der Waals surface area contributed by atoms with E-state index in [0.29, 0.717) is 21.7 Å². The maximum atomic E-state index is 13.5. The average Bonchev–Trinajstić information content (AvgIpc) is 2.81. The van der Waals surface area contributed by atoms with Gasteiger partial charge in [0.25, 0.3) is 5.91 Å². The molecule has 2 fully saturated rings. The number of halogens is 2. The van der Waals surface area contributed by atoms with Gasteiger partial charge in [-0.2, -0.15) is 0 Å². The summed E-state index contributed by atoms with van der Waals surface area (Å²) in [6.45, 7) is 0.389. The zero-order valence-electron chi connectivity index (χ0n) is 18.4. The third kappa shape index (κ3) is 5.76. The molecule has 0 spiro atoms. The third-order valence-corrected chi connectivity index (χ3v) is 8.43. The van der Waals surface area contributed by atoms with Crippen molar-refractivity contribution in [3.63, 3.8) is 0 Å². The Morgan fingerprint density at radius 3 is 2.82 bits per heavy atom. The minimum atomic E-state index is -0.175. The Balaban J connectivity index is 1.51. The Bertz CT molecular complexity index is 1080. The van der Waals surface area contributed by atoms with Crippen molar-refractivity contribution in [2.24, 2.45) is 0 Å². The number of nitrogens with one attached hydrogen (secondary N) is 1. The molecule has 1 saturated carbocycles. The molecule has 0 aromatic heterocycles. The van der Waals surface area contributed by atoms with Crippen molar-refractivity contribution in [3.8, 4) is 5.75 Å². The normalized spacial score (nSPS) is 21.6. The van der Waals surface area contributed by atoms with E-state index in [1.54, 1.807) is 29.8 Å². The van der Waals surface area contributed by atoms with Crippen molar-refractivity contribution in [2.45, 2.75) is 43.5 Å². The lowest BCUT2D eigenvalue weighted by molar-refractivity contribution is -0.135. The van der Waals surface area contributed by atoms with E-state index in [-0.39, 0.29) is 24.4 Å². The smallest absolute Gasteiger partial charge is 0.261 e. The van der Waals surface area contributed by atoms with E-state index in [0.717, 1.165) is 47.0 Å². The van der Waals surface area contributed by atoms with Gasteiger partial charge in [-0.1, -0.05) is 48.7 Å². The fourth-order valence-electron chi connectivity index (χ4n) is 4.33. The number of ether oxygens (including phenoxy) is 1. The number of benzene rings is 2. The predicted octanol–water partition coefficient (Wildman–Crippen LogP) is 5.66. The Labute approximate surface area is 212 Å². The van der Waals surface area contributed by atoms with Crippen molar-refractivity contribution in [3.05, 3.63) is 68.0 Å². The SMILES string of the molecule is COc1ccc(/C=C2/SC3CCCCC3N(CC(=O)NCc3ccccc3Cl)C2=O)cc1Br. The van der Waals surface area contributed by atoms with Crippen LogP contribution in [-0.4, -0.2) is 41.7 Å². The van der Waals surface area contributed by atoms with Gasteiger partial charge in [0.1, 0.15) is 12.3 Å². The summed E-state index contributed by atoms with van der Waals surface area (Å²) >= 11 is 11.4. The Morgan fingerprint density at radius 2 is 2.06 bits per heavy atom. The van der Waals surface area contributed by atoms with E-state index < -0.39 is 0 Å². The molecular formula is C25H26BrClN2O3S. The summed E-state index contributed by atoms with van der Waals surface area (Å²) < 4.78 is 6.14. The van der Waals surface area contributed by atoms with Crippen molar-refractivity contribution < 1.29 is 14.3 Å². The molecule has 8 heteroatoms. The number of hydrogen-bond donors (Lipinski definition) is 1. The van der Waals surface area contributed by atoms with Crippen molar-refractivity contribution in [2.75, 3.05) is 13.7 Å². The summed E-state index contributed by atoms with van der Waals surface area (Å²) in [5, 5.41) is 3.85. The molecule has 2 aromatic carbocycles. The van der Waals surface area contributed by atoms with Gasteiger partial charge in [-0.3, -0.25) is 9.59 Å². The van der Waals surface area contributed by atoms with E-state index in [9.17, 15) is 9.59 Å². The largest absolute Gasteiger partial charge is 0.496 e. The summed E-state index contributed by atoms with van der Waals surface area (Å²) in [5.74, 6) is 0.484. The first-order chi connectivity index (χ1) is 16.0. The monoisotopic (exact) mass is 548 g/mol. The highest BCUT2D eigenvalue weighted by Crippen LogP contribution is 2.42. The Hall–Kier alpha value is -1.96. The molecule has 0 bridgehead atoms. The molecule has 1 saturated heterocycles. The minimum absolute atomic E-state index is 0.0503. The van der Waals surface area contributed by atoms with Gasteiger partial charge in [0.15, 0.2) is 0 Å². The second kappa shape index (κ2) is 11.0. The first kappa shape index (κ1) is 24.2. The fraction of sp³-hybridized carbons (Fsp3) is 0.360. The molecule has 5 nitrogen and oxygen atoms in total. The summed E-state index contributed by atoms with van der Waals surface area (Å²) in [6, 6.07) is 13.3. The summed E-state index contributed by atoms with van der Waals surface area (Å²) in [5.41, 5.74) is 1.77. The molecule has 4 rings (SSSR count). The van der Waals surface area contributed by atoms with Crippen LogP contribution in [0.3, 0.4) is 0 Å². The van der Waals surface area contributed by atoms with E-state index in [1.807, 2.05) is 42.5 Å². The molecule has 2 unspecified atom stereocenters. The molecule has 1 N–H and O–H groups in total. The average molecular weight is 550 g/mol. The van der Waals surface area contributed by atoms with Gasteiger partial charge in [0, 0.05) is 22.9 Å². The molecular weight excluding hydrogens is 524 g/mol.